The minimum Gasteiger partial charge on any atom is -0.497 e. The van der Waals surface area contributed by atoms with Crippen LogP contribution in [0.5, 0.6) is 5.75 Å². The molecule has 7 heteroatoms. The van der Waals surface area contributed by atoms with Crippen LogP contribution in [0, 0.1) is 11.3 Å². The van der Waals surface area contributed by atoms with E-state index in [-0.39, 0.29) is 0 Å². The molecular weight excluding hydrogens is 328 g/mol. The molecule has 4 aromatic rings. The van der Waals surface area contributed by atoms with E-state index >= 15 is 0 Å². The van der Waals surface area contributed by atoms with Gasteiger partial charge in [0, 0.05) is 24.0 Å². The van der Waals surface area contributed by atoms with Crippen LogP contribution < -0.4 is 4.74 Å². The first-order valence-electron chi connectivity index (χ1n) is 7.87. The van der Waals surface area contributed by atoms with E-state index in [1.807, 2.05) is 30.4 Å². The lowest BCUT2D eigenvalue weighted by Crippen LogP contribution is -1.84. The van der Waals surface area contributed by atoms with E-state index < -0.39 is 0 Å². The van der Waals surface area contributed by atoms with Crippen LogP contribution in [0.2, 0.25) is 0 Å². The predicted molar refractivity (Wildman–Crippen MR) is 98.1 cm³/mol. The number of pyridine rings is 1. The molecule has 0 unspecified atom stereocenters. The molecule has 1 aromatic carbocycles. The molecule has 0 spiro atoms. The first-order chi connectivity index (χ1) is 12.8. The van der Waals surface area contributed by atoms with Crippen molar-refractivity contribution in [3.05, 3.63) is 59.5 Å². The number of fused-ring (bicyclic) bond motifs is 1. The highest BCUT2D eigenvalue weighted by Crippen LogP contribution is 2.25. The molecule has 0 fully saturated rings. The molecule has 0 saturated heterocycles. The summed E-state index contributed by atoms with van der Waals surface area (Å²) in [6.07, 6.45) is 8.74. The van der Waals surface area contributed by atoms with Crippen LogP contribution in [0.1, 0.15) is 16.7 Å². The summed E-state index contributed by atoms with van der Waals surface area (Å²) in [5.74, 6) is 1.46. The normalized spacial score (nSPS) is 11.1. The molecule has 0 atom stereocenters. The van der Waals surface area contributed by atoms with Crippen LogP contribution in [0.3, 0.4) is 0 Å². The van der Waals surface area contributed by atoms with Crippen LogP contribution in [0.4, 0.5) is 0 Å². The maximum absolute atomic E-state index is 8.96. The third kappa shape index (κ3) is 2.91. The van der Waals surface area contributed by atoms with Crippen LogP contribution in [-0.4, -0.2) is 32.3 Å². The summed E-state index contributed by atoms with van der Waals surface area (Å²) in [4.78, 5) is 11.9. The summed E-state index contributed by atoms with van der Waals surface area (Å²) in [6.45, 7) is 0. The van der Waals surface area contributed by atoms with Crippen LogP contribution in [0.15, 0.2) is 42.9 Å². The first-order valence-corrected chi connectivity index (χ1v) is 7.87. The van der Waals surface area contributed by atoms with Gasteiger partial charge in [-0.3, -0.25) is 10.1 Å². The molecule has 0 bridgehead atoms. The number of nitrogens with one attached hydrogen (secondary N) is 2. The van der Waals surface area contributed by atoms with Gasteiger partial charge in [0.15, 0.2) is 5.82 Å². The third-order valence-corrected chi connectivity index (χ3v) is 3.94. The summed E-state index contributed by atoms with van der Waals surface area (Å²) in [6, 6.07) is 9.53. The number of ether oxygens (including phenoxy) is 1. The van der Waals surface area contributed by atoms with Gasteiger partial charge in [0.1, 0.15) is 17.5 Å². The van der Waals surface area contributed by atoms with Gasteiger partial charge < -0.3 is 9.72 Å². The minimum absolute atomic E-state index is 0.519. The second kappa shape index (κ2) is 6.53. The number of imidazole rings is 1. The summed E-state index contributed by atoms with van der Waals surface area (Å²) >= 11 is 0. The number of H-pyrrole nitrogens is 2. The van der Waals surface area contributed by atoms with Gasteiger partial charge in [0.25, 0.3) is 0 Å². The molecule has 3 heterocycles. The van der Waals surface area contributed by atoms with Gasteiger partial charge >= 0.3 is 0 Å². The van der Waals surface area contributed by atoms with Crippen LogP contribution >= 0.6 is 0 Å². The summed E-state index contributed by atoms with van der Waals surface area (Å²) in [5.41, 5.74) is 4.74. The van der Waals surface area contributed by atoms with E-state index in [1.165, 1.54) is 6.20 Å². The number of nitrogens with zero attached hydrogens (tertiary/aromatic N) is 4. The Morgan fingerprint density at radius 1 is 1.15 bits per heavy atom. The van der Waals surface area contributed by atoms with Gasteiger partial charge in [0.05, 0.1) is 29.9 Å². The zero-order valence-electron chi connectivity index (χ0n) is 13.9. The van der Waals surface area contributed by atoms with Gasteiger partial charge in [0.2, 0.25) is 0 Å². The van der Waals surface area contributed by atoms with Crippen molar-refractivity contribution in [2.75, 3.05) is 7.11 Å². The molecule has 26 heavy (non-hydrogen) atoms. The van der Waals surface area contributed by atoms with Crippen molar-refractivity contribution in [2.24, 2.45) is 0 Å². The van der Waals surface area contributed by atoms with Crippen molar-refractivity contribution in [3.63, 3.8) is 0 Å². The van der Waals surface area contributed by atoms with Gasteiger partial charge in [-0.2, -0.15) is 10.4 Å². The lowest BCUT2D eigenvalue weighted by atomic mass is 10.1. The van der Waals surface area contributed by atoms with E-state index in [0.717, 1.165) is 33.6 Å². The molecular formula is C19H14N6O. The molecule has 4 rings (SSSR count). The highest BCUT2D eigenvalue weighted by atomic mass is 16.5. The van der Waals surface area contributed by atoms with Gasteiger partial charge in [-0.25, -0.2) is 4.98 Å². The summed E-state index contributed by atoms with van der Waals surface area (Å²) < 4.78 is 5.24. The van der Waals surface area contributed by atoms with E-state index in [2.05, 4.69) is 31.2 Å². The number of aromatic amines is 2. The Morgan fingerprint density at radius 2 is 2.08 bits per heavy atom. The molecule has 0 aliphatic rings. The molecule has 126 valence electrons. The number of hydrogen-bond donors (Lipinski definition) is 2. The van der Waals surface area contributed by atoms with E-state index in [9.17, 15) is 0 Å². The molecule has 0 radical (unpaired) electrons. The lowest BCUT2D eigenvalue weighted by molar-refractivity contribution is 0.415. The van der Waals surface area contributed by atoms with E-state index in [4.69, 9.17) is 10.00 Å². The molecule has 0 amide bonds. The largest absolute Gasteiger partial charge is 0.497 e. The fourth-order valence-corrected chi connectivity index (χ4v) is 2.64. The standard InChI is InChI=1S/C19H14N6O/c1-26-15-4-5-16-17(7-15)24-19(23-16)18-14(11-22-25-18)3-2-12-6-13(8-20)10-21-9-12/h2-7,9-11H,1H3,(H,22,25)(H,23,24). The fourth-order valence-electron chi connectivity index (χ4n) is 2.64. The molecule has 0 saturated carbocycles. The Labute approximate surface area is 149 Å². The monoisotopic (exact) mass is 342 g/mol. The average molecular weight is 342 g/mol. The number of methoxy groups -OCH3 is 1. The molecule has 0 aliphatic carbocycles. The predicted octanol–water partition coefficient (Wildman–Crippen LogP) is 3.40. The Kier molecular flexibility index (Phi) is 3.92. The zero-order valence-corrected chi connectivity index (χ0v) is 13.9. The highest BCUT2D eigenvalue weighted by molar-refractivity contribution is 5.83. The second-order valence-corrected chi connectivity index (χ2v) is 5.62. The topological polar surface area (TPSA) is 103 Å². The quantitative estimate of drug-likeness (QED) is 0.591. The SMILES string of the molecule is COc1ccc2nc(-c3[nH]ncc3C=Cc3cncc(C#N)c3)[nH]c2c1. The Bertz CT molecular complexity index is 1150. The second-order valence-electron chi connectivity index (χ2n) is 5.62. The van der Waals surface area contributed by atoms with Crippen molar-refractivity contribution in [2.45, 2.75) is 0 Å². The number of aromatic nitrogens is 5. The number of benzene rings is 1. The van der Waals surface area contributed by atoms with Gasteiger partial charge in [-0.1, -0.05) is 12.2 Å². The number of nitriles is 1. The summed E-state index contributed by atoms with van der Waals surface area (Å²) in [5, 5.41) is 16.1. The third-order valence-electron chi connectivity index (χ3n) is 3.94. The van der Waals surface area contributed by atoms with Crippen molar-refractivity contribution in [3.8, 4) is 23.3 Å². The fraction of sp³-hybridized carbons (Fsp3) is 0.0526. The van der Waals surface area contributed by atoms with Crippen molar-refractivity contribution in [1.82, 2.24) is 25.1 Å². The highest BCUT2D eigenvalue weighted by Gasteiger charge is 2.11. The van der Waals surface area contributed by atoms with E-state index in [1.54, 1.807) is 25.6 Å². The van der Waals surface area contributed by atoms with Gasteiger partial charge in [-0.15, -0.1) is 0 Å². The maximum Gasteiger partial charge on any atom is 0.157 e. The van der Waals surface area contributed by atoms with Crippen molar-refractivity contribution in [1.29, 1.82) is 5.26 Å². The molecule has 2 N–H and O–H groups in total. The smallest absolute Gasteiger partial charge is 0.157 e. The number of rotatable bonds is 4. The Balaban J connectivity index is 1.68. The molecule has 0 aliphatic heterocycles. The van der Waals surface area contributed by atoms with E-state index in [0.29, 0.717) is 11.4 Å². The van der Waals surface area contributed by atoms with Crippen molar-refractivity contribution < 1.29 is 4.74 Å². The number of hydrogen-bond acceptors (Lipinski definition) is 5. The average Bonchev–Trinajstić information content (AvgIpc) is 3.32. The minimum atomic E-state index is 0.519. The van der Waals surface area contributed by atoms with Crippen molar-refractivity contribution >= 4 is 23.2 Å². The maximum atomic E-state index is 8.96. The lowest BCUT2D eigenvalue weighted by Gasteiger charge is -1.97. The molecule has 3 aromatic heterocycles. The van der Waals surface area contributed by atoms with Crippen LogP contribution in [-0.2, 0) is 0 Å². The Morgan fingerprint density at radius 3 is 2.92 bits per heavy atom. The van der Waals surface area contributed by atoms with Crippen LogP contribution in [0.25, 0.3) is 34.7 Å². The molecule has 7 nitrogen and oxygen atoms in total. The first kappa shape index (κ1) is 15.6. The zero-order chi connectivity index (χ0) is 17.9. The summed E-state index contributed by atoms with van der Waals surface area (Å²) in [7, 11) is 1.63. The Hall–Kier alpha value is -3.92. The van der Waals surface area contributed by atoms with Gasteiger partial charge in [-0.05, 0) is 23.8 Å².